The van der Waals surface area contributed by atoms with Gasteiger partial charge in [0.1, 0.15) is 0 Å². The topological polar surface area (TPSA) is 12.4 Å². The van der Waals surface area contributed by atoms with Gasteiger partial charge >= 0.3 is 0 Å². The van der Waals surface area contributed by atoms with Crippen LogP contribution < -0.4 is 0 Å². The second-order valence-electron chi connectivity index (χ2n) is 0.890. The minimum atomic E-state index is 1.75. The van der Waals surface area contributed by atoms with Gasteiger partial charge < -0.3 is 0 Å². The lowest BCUT2D eigenvalue weighted by Gasteiger charge is -1.64. The molecule has 0 saturated heterocycles. The molecule has 0 fully saturated rings. The van der Waals surface area contributed by atoms with E-state index in [0.717, 1.165) is 0 Å². The van der Waals surface area contributed by atoms with E-state index in [9.17, 15) is 0 Å². The van der Waals surface area contributed by atoms with Crippen molar-refractivity contribution < 1.29 is 0 Å². The van der Waals surface area contributed by atoms with E-state index in [1.807, 2.05) is 33.8 Å². The molecule has 0 radical (unpaired) electrons. The van der Waals surface area contributed by atoms with Crippen molar-refractivity contribution in [3.8, 4) is 0 Å². The second-order valence-corrected chi connectivity index (χ2v) is 0.890. The fourth-order valence-corrected chi connectivity index (χ4v) is 0.172. The third-order valence-corrected chi connectivity index (χ3v) is 0.384. The van der Waals surface area contributed by atoms with Crippen molar-refractivity contribution in [2.75, 3.05) is 0 Å². The smallest absolute Gasteiger partial charge is 0.0221 e. The molecule has 0 amide bonds. The first-order chi connectivity index (χ1) is 3.91. The van der Waals surface area contributed by atoms with Gasteiger partial charge in [0, 0.05) is 12.4 Å². The zero-order valence-corrected chi connectivity index (χ0v) is 6.18. The Morgan fingerprint density at radius 2 is 1.62 bits per heavy atom. The van der Waals surface area contributed by atoms with Gasteiger partial charge in [-0.2, -0.15) is 0 Å². The quantitative estimate of drug-likeness (QED) is 0.463. The maximum Gasteiger partial charge on any atom is 0.0221 e. The number of rotatable bonds is 1. The molecule has 0 aliphatic heterocycles. The molecule has 0 heterocycles. The molecule has 0 N–H and O–H groups in total. The van der Waals surface area contributed by atoms with Gasteiger partial charge in [0.25, 0.3) is 0 Å². The molecule has 0 bridgehead atoms. The minimum Gasteiger partial charge on any atom is -0.270 e. The third-order valence-electron chi connectivity index (χ3n) is 0.384. The molecule has 0 aliphatic rings. The van der Waals surface area contributed by atoms with Crippen molar-refractivity contribution >= 4 is 6.21 Å². The summed E-state index contributed by atoms with van der Waals surface area (Å²) in [7, 11) is 0. The first kappa shape index (κ1) is 10.4. The van der Waals surface area contributed by atoms with Crippen molar-refractivity contribution in [3.63, 3.8) is 0 Å². The van der Waals surface area contributed by atoms with Gasteiger partial charge in [0.15, 0.2) is 0 Å². The van der Waals surface area contributed by atoms with Crippen molar-refractivity contribution in [2.45, 2.75) is 27.7 Å². The van der Waals surface area contributed by atoms with Crippen LogP contribution >= 0.6 is 0 Å². The molecule has 0 aromatic rings. The molecule has 0 aromatic carbocycles. The normalized spacial score (nSPS) is 9.50. The molecule has 0 atom stereocenters. The predicted molar refractivity (Wildman–Crippen MR) is 40.3 cm³/mol. The molecule has 8 heavy (non-hydrogen) atoms. The zero-order chi connectivity index (χ0) is 6.83. The summed E-state index contributed by atoms with van der Waals surface area (Å²) in [6.07, 6.45) is 5.39. The fourth-order valence-electron chi connectivity index (χ4n) is 0.172. The summed E-state index contributed by atoms with van der Waals surface area (Å²) in [5, 5.41) is 0. The van der Waals surface area contributed by atoms with Gasteiger partial charge in [-0.05, 0) is 13.8 Å². The average Bonchev–Trinajstić information content (AvgIpc) is 1.88. The summed E-state index contributed by atoms with van der Waals surface area (Å²) in [6.45, 7) is 7.83. The monoisotopic (exact) mass is 113 g/mol. The Morgan fingerprint density at radius 1 is 1.12 bits per heavy atom. The number of allylic oxidation sites excluding steroid dienone is 1. The van der Waals surface area contributed by atoms with Crippen LogP contribution in [0.2, 0.25) is 0 Å². The Bertz CT molecular complexity index is 52.8. The van der Waals surface area contributed by atoms with E-state index in [2.05, 4.69) is 4.99 Å². The van der Waals surface area contributed by atoms with Gasteiger partial charge in [-0.3, -0.25) is 4.99 Å². The first-order valence-corrected chi connectivity index (χ1v) is 3.00. The maximum atomic E-state index is 3.78. The molecule has 0 aromatic heterocycles. The highest BCUT2D eigenvalue weighted by atomic mass is 14.6. The molecule has 1 nitrogen and oxygen atoms in total. The summed E-state index contributed by atoms with van der Waals surface area (Å²) in [5.41, 5.74) is 0. The van der Waals surface area contributed by atoms with Crippen molar-refractivity contribution in [1.29, 1.82) is 0 Å². The standard InChI is InChI=1S/C5H9N.C2H6/c1-3-5-6-4-2;1-2/h3-5H,1-2H3;1-2H3/b5-3-,6-4?;. The summed E-state index contributed by atoms with van der Waals surface area (Å²) in [4.78, 5) is 3.78. The summed E-state index contributed by atoms with van der Waals surface area (Å²) in [5.74, 6) is 0. The minimum absolute atomic E-state index is 1.75. The van der Waals surface area contributed by atoms with Crippen LogP contribution in [0.1, 0.15) is 27.7 Å². The first-order valence-electron chi connectivity index (χ1n) is 3.00. The molecule has 48 valence electrons. The predicted octanol–water partition coefficient (Wildman–Crippen LogP) is 2.64. The van der Waals surface area contributed by atoms with Crippen LogP contribution in [0.5, 0.6) is 0 Å². The summed E-state index contributed by atoms with van der Waals surface area (Å²) < 4.78 is 0. The summed E-state index contributed by atoms with van der Waals surface area (Å²) >= 11 is 0. The Hall–Kier alpha value is -0.590. The number of aliphatic imine (C=N–C) groups is 1. The molecule has 0 unspecified atom stereocenters. The Kier molecular flexibility index (Phi) is 21.0. The average molecular weight is 113 g/mol. The lowest BCUT2D eigenvalue weighted by Crippen LogP contribution is -1.49. The third kappa shape index (κ3) is 18.1. The van der Waals surface area contributed by atoms with Crippen LogP contribution in [-0.4, -0.2) is 6.21 Å². The van der Waals surface area contributed by atoms with Crippen molar-refractivity contribution in [3.05, 3.63) is 12.3 Å². The van der Waals surface area contributed by atoms with Gasteiger partial charge in [-0.25, -0.2) is 0 Å². The largest absolute Gasteiger partial charge is 0.270 e. The van der Waals surface area contributed by atoms with E-state index in [4.69, 9.17) is 0 Å². The highest BCUT2D eigenvalue weighted by Gasteiger charge is 1.48. The lowest BCUT2D eigenvalue weighted by molar-refractivity contribution is 1.50. The van der Waals surface area contributed by atoms with Crippen LogP contribution in [0.25, 0.3) is 0 Å². The van der Waals surface area contributed by atoms with E-state index in [1.165, 1.54) is 0 Å². The van der Waals surface area contributed by atoms with Gasteiger partial charge in [0.05, 0.1) is 0 Å². The van der Waals surface area contributed by atoms with Gasteiger partial charge in [-0.1, -0.05) is 19.9 Å². The van der Waals surface area contributed by atoms with E-state index in [1.54, 1.807) is 12.4 Å². The number of hydrogen-bond donors (Lipinski definition) is 0. The van der Waals surface area contributed by atoms with E-state index >= 15 is 0 Å². The maximum absolute atomic E-state index is 3.78. The lowest BCUT2D eigenvalue weighted by atomic mass is 10.7. The van der Waals surface area contributed by atoms with Gasteiger partial charge in [-0.15, -0.1) is 0 Å². The number of hydrogen-bond acceptors (Lipinski definition) is 1. The Balaban J connectivity index is 0. The van der Waals surface area contributed by atoms with Crippen LogP contribution in [-0.2, 0) is 0 Å². The molecule has 1 heteroatoms. The van der Waals surface area contributed by atoms with Crippen LogP contribution in [0, 0.1) is 0 Å². The molecular weight excluding hydrogens is 98.1 g/mol. The second kappa shape index (κ2) is 16.1. The molecule has 0 spiro atoms. The van der Waals surface area contributed by atoms with E-state index in [-0.39, 0.29) is 0 Å². The Morgan fingerprint density at radius 3 is 1.75 bits per heavy atom. The van der Waals surface area contributed by atoms with Gasteiger partial charge in [0.2, 0.25) is 0 Å². The van der Waals surface area contributed by atoms with Crippen LogP contribution in [0.3, 0.4) is 0 Å². The van der Waals surface area contributed by atoms with Crippen LogP contribution in [0.4, 0.5) is 0 Å². The van der Waals surface area contributed by atoms with E-state index in [0.29, 0.717) is 0 Å². The van der Waals surface area contributed by atoms with E-state index < -0.39 is 0 Å². The fraction of sp³-hybridized carbons (Fsp3) is 0.571. The highest BCUT2D eigenvalue weighted by Crippen LogP contribution is 1.67. The summed E-state index contributed by atoms with van der Waals surface area (Å²) in [6, 6.07) is 0. The van der Waals surface area contributed by atoms with Crippen molar-refractivity contribution in [1.82, 2.24) is 0 Å². The highest BCUT2D eigenvalue weighted by molar-refractivity contribution is 5.54. The Labute approximate surface area is 52.1 Å². The SMILES string of the molecule is CC.CC=N/C=C\C. The van der Waals surface area contributed by atoms with Crippen molar-refractivity contribution in [2.24, 2.45) is 4.99 Å². The molecule has 0 aliphatic carbocycles. The molecular formula is C7H15N. The molecule has 0 rings (SSSR count). The number of nitrogens with zero attached hydrogens (tertiary/aromatic N) is 1. The molecule has 0 saturated carbocycles. The van der Waals surface area contributed by atoms with Crippen LogP contribution in [0.15, 0.2) is 17.3 Å². The zero-order valence-electron chi connectivity index (χ0n) is 6.18.